The number of hydrogen-bond donors (Lipinski definition) is 0. The molecule has 0 bridgehead atoms. The van der Waals surface area contributed by atoms with Gasteiger partial charge in [0.15, 0.2) is 5.16 Å². The average Bonchev–Trinajstić information content (AvgIpc) is 3.09. The SMILES string of the molecule is Cc1ccc(C)c(-n2ccnc2SCC(=O)N2CCN(S(C)(=O)=O)CC2)c1. The first-order chi connectivity index (χ1) is 12.8. The Kier molecular flexibility index (Phi) is 5.92. The maximum absolute atomic E-state index is 12.5. The van der Waals surface area contributed by atoms with E-state index in [4.69, 9.17) is 0 Å². The third-order valence-corrected chi connectivity index (χ3v) is 6.87. The number of imidazole rings is 1. The van der Waals surface area contributed by atoms with Crippen LogP contribution < -0.4 is 0 Å². The van der Waals surface area contributed by atoms with E-state index in [0.717, 1.165) is 16.4 Å². The predicted molar refractivity (Wildman–Crippen MR) is 107 cm³/mol. The van der Waals surface area contributed by atoms with Gasteiger partial charge in [-0.15, -0.1) is 0 Å². The van der Waals surface area contributed by atoms with Crippen molar-refractivity contribution in [2.24, 2.45) is 0 Å². The van der Waals surface area contributed by atoms with E-state index in [1.165, 1.54) is 27.9 Å². The fourth-order valence-corrected chi connectivity index (χ4v) is 4.74. The van der Waals surface area contributed by atoms with Crippen LogP contribution >= 0.6 is 11.8 Å². The molecule has 7 nitrogen and oxygen atoms in total. The van der Waals surface area contributed by atoms with Crippen LogP contribution in [0.25, 0.3) is 5.69 Å². The summed E-state index contributed by atoms with van der Waals surface area (Å²) in [5.74, 6) is 0.282. The molecule has 2 heterocycles. The summed E-state index contributed by atoms with van der Waals surface area (Å²) in [7, 11) is -3.19. The first-order valence-electron chi connectivity index (χ1n) is 8.72. The number of thioether (sulfide) groups is 1. The van der Waals surface area contributed by atoms with Crippen molar-refractivity contribution in [3.63, 3.8) is 0 Å². The van der Waals surface area contributed by atoms with E-state index in [9.17, 15) is 13.2 Å². The third-order valence-electron chi connectivity index (χ3n) is 4.62. The maximum Gasteiger partial charge on any atom is 0.233 e. The molecule has 1 aliphatic heterocycles. The van der Waals surface area contributed by atoms with Crippen molar-refractivity contribution in [1.29, 1.82) is 0 Å². The van der Waals surface area contributed by atoms with Crippen molar-refractivity contribution >= 4 is 27.7 Å². The number of amides is 1. The van der Waals surface area contributed by atoms with Gasteiger partial charge in [0.2, 0.25) is 15.9 Å². The van der Waals surface area contributed by atoms with Crippen molar-refractivity contribution < 1.29 is 13.2 Å². The molecular weight excluding hydrogens is 384 g/mol. The van der Waals surface area contributed by atoms with Crippen LogP contribution in [0, 0.1) is 13.8 Å². The maximum atomic E-state index is 12.5. The van der Waals surface area contributed by atoms with Gasteiger partial charge in [-0.05, 0) is 31.0 Å². The molecule has 0 spiro atoms. The number of piperazine rings is 1. The molecule has 0 atom stereocenters. The number of aromatic nitrogens is 2. The second-order valence-electron chi connectivity index (χ2n) is 6.70. The van der Waals surface area contributed by atoms with Crippen LogP contribution in [0.1, 0.15) is 11.1 Å². The lowest BCUT2D eigenvalue weighted by Gasteiger charge is -2.33. The Bertz CT molecular complexity index is 932. The molecule has 27 heavy (non-hydrogen) atoms. The average molecular weight is 409 g/mol. The van der Waals surface area contributed by atoms with Gasteiger partial charge in [-0.25, -0.2) is 13.4 Å². The van der Waals surface area contributed by atoms with Gasteiger partial charge in [0.25, 0.3) is 0 Å². The van der Waals surface area contributed by atoms with E-state index in [1.54, 1.807) is 11.1 Å². The summed E-state index contributed by atoms with van der Waals surface area (Å²) < 4.78 is 26.6. The number of rotatable bonds is 5. The van der Waals surface area contributed by atoms with Crippen LogP contribution in [0.15, 0.2) is 35.7 Å². The summed E-state index contributed by atoms with van der Waals surface area (Å²) in [4.78, 5) is 18.6. The number of nitrogens with zero attached hydrogens (tertiary/aromatic N) is 4. The molecule has 3 rings (SSSR count). The summed E-state index contributed by atoms with van der Waals surface area (Å²) in [6, 6.07) is 6.25. The minimum atomic E-state index is -3.19. The molecular formula is C18H24N4O3S2. The molecule has 1 amide bonds. The van der Waals surface area contributed by atoms with E-state index in [2.05, 4.69) is 30.1 Å². The molecule has 1 aromatic heterocycles. The zero-order valence-electron chi connectivity index (χ0n) is 15.8. The fourth-order valence-electron chi connectivity index (χ4n) is 3.05. The first kappa shape index (κ1) is 19.9. The lowest BCUT2D eigenvalue weighted by atomic mass is 10.1. The van der Waals surface area contributed by atoms with Gasteiger partial charge in [0.05, 0.1) is 17.7 Å². The highest BCUT2D eigenvalue weighted by molar-refractivity contribution is 7.99. The van der Waals surface area contributed by atoms with Gasteiger partial charge in [-0.1, -0.05) is 23.9 Å². The lowest BCUT2D eigenvalue weighted by molar-refractivity contribution is -0.129. The molecule has 1 aliphatic rings. The second kappa shape index (κ2) is 8.04. The third kappa shape index (κ3) is 4.72. The highest BCUT2D eigenvalue weighted by atomic mass is 32.2. The first-order valence-corrected chi connectivity index (χ1v) is 11.6. The molecule has 0 saturated carbocycles. The van der Waals surface area contributed by atoms with E-state index in [-0.39, 0.29) is 11.7 Å². The quantitative estimate of drug-likeness (QED) is 0.704. The second-order valence-corrected chi connectivity index (χ2v) is 9.63. The van der Waals surface area contributed by atoms with Crippen molar-refractivity contribution in [2.75, 3.05) is 38.2 Å². The van der Waals surface area contributed by atoms with E-state index >= 15 is 0 Å². The zero-order valence-corrected chi connectivity index (χ0v) is 17.4. The molecule has 0 radical (unpaired) electrons. The standard InChI is InChI=1S/C18H24N4O3S2/c1-14-4-5-15(2)16(12-14)22-7-6-19-18(22)26-13-17(23)20-8-10-21(11-9-20)27(3,24)25/h4-7,12H,8-11,13H2,1-3H3. The van der Waals surface area contributed by atoms with Crippen LogP contribution in [-0.2, 0) is 14.8 Å². The van der Waals surface area contributed by atoms with Crippen molar-refractivity contribution in [2.45, 2.75) is 19.0 Å². The molecule has 1 fully saturated rings. The Balaban J connectivity index is 1.63. The summed E-state index contributed by atoms with van der Waals surface area (Å²) >= 11 is 1.40. The van der Waals surface area contributed by atoms with E-state index in [1.807, 2.05) is 17.7 Å². The molecule has 2 aromatic rings. The summed E-state index contributed by atoms with van der Waals surface area (Å²) in [6.45, 7) is 5.66. The number of sulfonamides is 1. The fraction of sp³-hybridized carbons (Fsp3) is 0.444. The predicted octanol–water partition coefficient (Wildman–Crippen LogP) is 1.69. The number of benzene rings is 1. The molecule has 0 N–H and O–H groups in total. The van der Waals surface area contributed by atoms with Crippen LogP contribution in [0.5, 0.6) is 0 Å². The van der Waals surface area contributed by atoms with Gasteiger partial charge in [-0.2, -0.15) is 4.31 Å². The minimum Gasteiger partial charge on any atom is -0.339 e. The van der Waals surface area contributed by atoms with Crippen LogP contribution in [0.4, 0.5) is 0 Å². The highest BCUT2D eigenvalue weighted by Gasteiger charge is 2.26. The Hall–Kier alpha value is -1.84. The Morgan fingerprint density at radius 3 is 2.56 bits per heavy atom. The molecule has 146 valence electrons. The van der Waals surface area contributed by atoms with Crippen LogP contribution in [0.2, 0.25) is 0 Å². The Morgan fingerprint density at radius 2 is 1.89 bits per heavy atom. The minimum absolute atomic E-state index is 0.00339. The van der Waals surface area contributed by atoms with Crippen molar-refractivity contribution in [1.82, 2.24) is 18.8 Å². The smallest absolute Gasteiger partial charge is 0.233 e. The molecule has 1 saturated heterocycles. The molecule has 0 aliphatic carbocycles. The Labute approximate surface area is 164 Å². The van der Waals surface area contributed by atoms with Gasteiger partial charge in [0.1, 0.15) is 0 Å². The monoisotopic (exact) mass is 408 g/mol. The van der Waals surface area contributed by atoms with E-state index < -0.39 is 10.0 Å². The van der Waals surface area contributed by atoms with Gasteiger partial charge in [-0.3, -0.25) is 9.36 Å². The van der Waals surface area contributed by atoms with Gasteiger partial charge < -0.3 is 4.90 Å². The lowest BCUT2D eigenvalue weighted by Crippen LogP contribution is -2.50. The molecule has 0 unspecified atom stereocenters. The number of aryl methyl sites for hydroxylation is 2. The van der Waals surface area contributed by atoms with Crippen LogP contribution in [-0.4, -0.2) is 71.3 Å². The Morgan fingerprint density at radius 1 is 1.19 bits per heavy atom. The summed E-state index contributed by atoms with van der Waals surface area (Å²) in [5.41, 5.74) is 3.37. The summed E-state index contributed by atoms with van der Waals surface area (Å²) in [5, 5.41) is 0.770. The normalized spacial score (nSPS) is 15.9. The van der Waals surface area contributed by atoms with Gasteiger partial charge in [0, 0.05) is 38.6 Å². The summed E-state index contributed by atoms with van der Waals surface area (Å²) in [6.07, 6.45) is 4.84. The number of hydrogen-bond acceptors (Lipinski definition) is 5. The molecule has 9 heteroatoms. The zero-order chi connectivity index (χ0) is 19.6. The van der Waals surface area contributed by atoms with Crippen molar-refractivity contribution in [3.8, 4) is 5.69 Å². The number of carbonyl (C=O) groups is 1. The highest BCUT2D eigenvalue weighted by Crippen LogP contribution is 2.24. The largest absolute Gasteiger partial charge is 0.339 e. The number of carbonyl (C=O) groups excluding carboxylic acids is 1. The van der Waals surface area contributed by atoms with Gasteiger partial charge >= 0.3 is 0 Å². The van der Waals surface area contributed by atoms with Crippen LogP contribution in [0.3, 0.4) is 0 Å². The molecule has 1 aromatic carbocycles. The van der Waals surface area contributed by atoms with E-state index in [0.29, 0.717) is 26.2 Å². The topological polar surface area (TPSA) is 75.5 Å². The van der Waals surface area contributed by atoms with Crippen molar-refractivity contribution in [3.05, 3.63) is 41.7 Å².